The van der Waals surface area contributed by atoms with E-state index in [1.165, 1.54) is 0 Å². The normalized spacial score (nSPS) is 19.1. The third kappa shape index (κ3) is 3.21. The van der Waals surface area contributed by atoms with Crippen molar-refractivity contribution in [2.45, 2.75) is 30.5 Å². The highest BCUT2D eigenvalue weighted by Gasteiger charge is 2.35. The minimum Gasteiger partial charge on any atom is -0.394 e. The second kappa shape index (κ2) is 6.48. The van der Waals surface area contributed by atoms with E-state index >= 15 is 0 Å². The lowest BCUT2D eigenvalue weighted by atomic mass is 9.99. The summed E-state index contributed by atoms with van der Waals surface area (Å²) in [4.78, 5) is 6.86. The van der Waals surface area contributed by atoms with Crippen molar-refractivity contribution in [1.82, 2.24) is 9.97 Å². The maximum absolute atomic E-state index is 10.0. The zero-order valence-corrected chi connectivity index (χ0v) is 11.0. The van der Waals surface area contributed by atoms with Crippen LogP contribution in [0.2, 0.25) is 0 Å². The van der Waals surface area contributed by atoms with Gasteiger partial charge in [-0.1, -0.05) is 12.1 Å². The monoisotopic (exact) mass is 298 g/mol. The summed E-state index contributed by atoms with van der Waals surface area (Å²) >= 11 is 0. The molecule has 2 rings (SSSR count). The Morgan fingerprint density at radius 3 is 2.24 bits per heavy atom. The number of aromatic nitrogens is 2. The van der Waals surface area contributed by atoms with Crippen LogP contribution in [0.15, 0.2) is 24.3 Å². The van der Waals surface area contributed by atoms with Gasteiger partial charge in [-0.3, -0.25) is 0 Å². The van der Waals surface area contributed by atoms with Crippen LogP contribution in [-0.4, -0.2) is 71.6 Å². The third-order valence-electron chi connectivity index (χ3n) is 3.29. The molecule has 0 amide bonds. The fourth-order valence-electron chi connectivity index (χ4n) is 2.00. The van der Waals surface area contributed by atoms with E-state index in [2.05, 4.69) is 9.97 Å². The van der Waals surface area contributed by atoms with E-state index in [-0.39, 0.29) is 5.82 Å². The molecule has 0 aliphatic heterocycles. The summed E-state index contributed by atoms with van der Waals surface area (Å²) < 4.78 is 0. The lowest BCUT2D eigenvalue weighted by Crippen LogP contribution is -2.47. The van der Waals surface area contributed by atoms with Gasteiger partial charge in [0.25, 0.3) is 0 Å². The SMILES string of the molecule is OCC(O)C(O)C(O)C(O)[C@@H](O)c1nc2ccccc2[nH]1. The molecule has 0 saturated carbocycles. The predicted molar refractivity (Wildman–Crippen MR) is 72.2 cm³/mol. The number of rotatable bonds is 6. The number of fused-ring (bicyclic) bond motifs is 1. The summed E-state index contributed by atoms with van der Waals surface area (Å²) in [6, 6.07) is 6.95. The average molecular weight is 298 g/mol. The van der Waals surface area contributed by atoms with Crippen LogP contribution in [0.3, 0.4) is 0 Å². The maximum atomic E-state index is 10.0. The molecule has 0 fully saturated rings. The molecule has 4 unspecified atom stereocenters. The molecule has 0 saturated heterocycles. The minimum atomic E-state index is -1.85. The molecule has 2 aromatic rings. The number of para-hydroxylation sites is 2. The summed E-state index contributed by atoms with van der Waals surface area (Å²) in [7, 11) is 0. The standard InChI is InChI=1S/C13H18N2O6/c16-5-8(17)9(18)10(19)11(20)12(21)13-14-6-3-1-2-4-7(6)15-13/h1-4,8-12,16-21H,5H2,(H,14,15)/t8?,9?,10?,11?,12-/m1/s1. The molecule has 116 valence electrons. The Hall–Kier alpha value is -1.55. The highest BCUT2D eigenvalue weighted by Crippen LogP contribution is 2.21. The Bertz CT molecular complexity index is 556. The zero-order valence-electron chi connectivity index (χ0n) is 11.0. The first-order chi connectivity index (χ1) is 9.95. The average Bonchev–Trinajstić information content (AvgIpc) is 2.95. The van der Waals surface area contributed by atoms with Crippen molar-refractivity contribution in [3.63, 3.8) is 0 Å². The molecule has 5 atom stereocenters. The first-order valence-electron chi connectivity index (χ1n) is 6.41. The van der Waals surface area contributed by atoms with Gasteiger partial charge in [-0.15, -0.1) is 0 Å². The van der Waals surface area contributed by atoms with Crippen LogP contribution >= 0.6 is 0 Å². The number of hydrogen-bond acceptors (Lipinski definition) is 7. The van der Waals surface area contributed by atoms with E-state index in [4.69, 9.17) is 5.11 Å². The lowest BCUT2D eigenvalue weighted by molar-refractivity contribution is -0.142. The summed E-state index contributed by atoms with van der Waals surface area (Å²) in [5, 5.41) is 57.1. The van der Waals surface area contributed by atoms with Crippen LogP contribution in [0.25, 0.3) is 11.0 Å². The molecule has 0 radical (unpaired) electrons. The highest BCUT2D eigenvalue weighted by molar-refractivity contribution is 5.74. The minimum absolute atomic E-state index is 0.0217. The van der Waals surface area contributed by atoms with Crippen molar-refractivity contribution < 1.29 is 30.6 Å². The van der Waals surface area contributed by atoms with E-state index in [9.17, 15) is 25.5 Å². The first-order valence-corrected chi connectivity index (χ1v) is 6.41. The molecular formula is C13H18N2O6. The van der Waals surface area contributed by atoms with E-state index in [1.54, 1.807) is 24.3 Å². The number of nitrogens with zero attached hydrogens (tertiary/aromatic N) is 1. The molecule has 21 heavy (non-hydrogen) atoms. The van der Waals surface area contributed by atoms with Gasteiger partial charge in [-0.05, 0) is 12.1 Å². The summed E-state index contributed by atoms with van der Waals surface area (Å²) in [5.41, 5.74) is 1.22. The molecule has 0 spiro atoms. The van der Waals surface area contributed by atoms with Gasteiger partial charge in [0.15, 0.2) is 0 Å². The Labute approximate surface area is 119 Å². The van der Waals surface area contributed by atoms with Gasteiger partial charge >= 0.3 is 0 Å². The smallest absolute Gasteiger partial charge is 0.140 e. The van der Waals surface area contributed by atoms with Crippen LogP contribution in [-0.2, 0) is 0 Å². The van der Waals surface area contributed by atoms with Crippen molar-refractivity contribution in [2.75, 3.05) is 6.61 Å². The number of aliphatic hydroxyl groups excluding tert-OH is 6. The van der Waals surface area contributed by atoms with Crippen molar-refractivity contribution in [1.29, 1.82) is 0 Å². The molecule has 7 N–H and O–H groups in total. The van der Waals surface area contributed by atoms with Gasteiger partial charge in [0.05, 0.1) is 17.6 Å². The summed E-state index contributed by atoms with van der Waals surface area (Å²) in [6.45, 7) is -0.786. The van der Waals surface area contributed by atoms with Gasteiger partial charge in [0, 0.05) is 0 Å². The Morgan fingerprint density at radius 1 is 0.952 bits per heavy atom. The van der Waals surface area contributed by atoms with Crippen molar-refractivity contribution in [2.24, 2.45) is 0 Å². The molecule has 8 nitrogen and oxygen atoms in total. The molecule has 0 aliphatic rings. The molecule has 1 aromatic heterocycles. The quantitative estimate of drug-likeness (QED) is 0.327. The van der Waals surface area contributed by atoms with Gasteiger partial charge in [0.2, 0.25) is 0 Å². The second-order valence-corrected chi connectivity index (χ2v) is 4.81. The van der Waals surface area contributed by atoms with E-state index < -0.39 is 37.1 Å². The van der Waals surface area contributed by atoms with Crippen LogP contribution < -0.4 is 0 Å². The van der Waals surface area contributed by atoms with Crippen LogP contribution in [0.4, 0.5) is 0 Å². The van der Waals surface area contributed by atoms with Gasteiger partial charge in [-0.25, -0.2) is 4.98 Å². The zero-order chi connectivity index (χ0) is 15.6. The van der Waals surface area contributed by atoms with Gasteiger partial charge in [0.1, 0.15) is 36.3 Å². The number of aliphatic hydroxyl groups is 6. The predicted octanol–water partition coefficient (Wildman–Crippen LogP) is -1.97. The van der Waals surface area contributed by atoms with E-state index in [0.29, 0.717) is 11.0 Å². The van der Waals surface area contributed by atoms with E-state index in [0.717, 1.165) is 0 Å². The third-order valence-corrected chi connectivity index (χ3v) is 3.29. The topological polar surface area (TPSA) is 150 Å². The molecule has 0 aliphatic carbocycles. The highest BCUT2D eigenvalue weighted by atomic mass is 16.4. The van der Waals surface area contributed by atoms with E-state index in [1.807, 2.05) is 0 Å². The molecular weight excluding hydrogens is 280 g/mol. The molecule has 1 aromatic carbocycles. The molecule has 1 heterocycles. The van der Waals surface area contributed by atoms with Crippen LogP contribution in [0.5, 0.6) is 0 Å². The molecule has 8 heteroatoms. The Morgan fingerprint density at radius 2 is 1.62 bits per heavy atom. The number of nitrogens with one attached hydrogen (secondary N) is 1. The number of benzene rings is 1. The van der Waals surface area contributed by atoms with Crippen LogP contribution in [0.1, 0.15) is 11.9 Å². The summed E-state index contributed by atoms with van der Waals surface area (Å²) in [5.74, 6) is 0.0217. The number of imidazole rings is 1. The van der Waals surface area contributed by atoms with Gasteiger partial charge in [-0.2, -0.15) is 0 Å². The largest absolute Gasteiger partial charge is 0.394 e. The number of aromatic amines is 1. The maximum Gasteiger partial charge on any atom is 0.140 e. The second-order valence-electron chi connectivity index (χ2n) is 4.81. The number of hydrogen-bond donors (Lipinski definition) is 7. The fraction of sp³-hybridized carbons (Fsp3) is 0.462. The van der Waals surface area contributed by atoms with Gasteiger partial charge < -0.3 is 35.6 Å². The fourth-order valence-corrected chi connectivity index (χ4v) is 2.00. The number of H-pyrrole nitrogens is 1. The summed E-state index contributed by atoms with van der Waals surface area (Å²) in [6.07, 6.45) is -8.66. The van der Waals surface area contributed by atoms with Crippen molar-refractivity contribution >= 4 is 11.0 Å². The van der Waals surface area contributed by atoms with Crippen LogP contribution in [0, 0.1) is 0 Å². The van der Waals surface area contributed by atoms with Crippen molar-refractivity contribution in [3.05, 3.63) is 30.1 Å². The first kappa shape index (κ1) is 15.8. The Kier molecular flexibility index (Phi) is 4.88. The lowest BCUT2D eigenvalue weighted by Gasteiger charge is -2.27. The van der Waals surface area contributed by atoms with Crippen molar-refractivity contribution in [3.8, 4) is 0 Å². The molecule has 0 bridgehead atoms. The Balaban J connectivity index is 2.16.